The monoisotopic (exact) mass is 232 g/mol. The van der Waals surface area contributed by atoms with Crippen LogP contribution in [0.3, 0.4) is 0 Å². The lowest BCUT2D eigenvalue weighted by molar-refractivity contribution is -0.706. The molecular weight excluding hydrogens is 220 g/mol. The van der Waals surface area contributed by atoms with Crippen LogP contribution in [-0.4, -0.2) is 48.2 Å². The third-order valence-electron chi connectivity index (χ3n) is 3.40. The molecule has 0 aliphatic carbocycles. The first kappa shape index (κ1) is 10.2. The molecule has 0 bridgehead atoms. The highest BCUT2D eigenvalue weighted by Gasteiger charge is 2.40. The summed E-state index contributed by atoms with van der Waals surface area (Å²) < 4.78 is 0.515. The number of rotatable bonds is 1. The van der Waals surface area contributed by atoms with Crippen LogP contribution >= 0.6 is 0 Å². The molecule has 1 fully saturated rings. The van der Waals surface area contributed by atoms with Gasteiger partial charge in [-0.15, -0.1) is 0 Å². The Bertz CT molecular complexity index is 500. The number of carboxylic acid groups (broad SMARTS) is 1. The summed E-state index contributed by atoms with van der Waals surface area (Å²) in [4.78, 5) is 20.4. The Kier molecular flexibility index (Phi) is 1.97. The van der Waals surface area contributed by atoms with E-state index in [2.05, 4.69) is 9.98 Å². The third kappa shape index (κ3) is 1.41. The lowest BCUT2D eigenvalue weighted by Gasteiger charge is -2.40. The highest BCUT2D eigenvalue weighted by Crippen LogP contribution is 2.34. The Morgan fingerprint density at radius 3 is 3.06 bits per heavy atom. The Morgan fingerprint density at radius 1 is 1.59 bits per heavy atom. The molecule has 0 spiro atoms. The maximum absolute atomic E-state index is 10.6. The molecule has 6 heteroatoms. The van der Waals surface area contributed by atoms with E-state index in [1.165, 1.54) is 4.90 Å². The SMILES string of the molecule is C[N+]12C=CN=CC1=C(C1CN(C(=O)[O-])C1)N=C2. The van der Waals surface area contributed by atoms with Crippen molar-refractivity contribution in [3.63, 3.8) is 0 Å². The van der Waals surface area contributed by atoms with Gasteiger partial charge in [0, 0.05) is 19.0 Å². The normalized spacial score (nSPS) is 30.8. The summed E-state index contributed by atoms with van der Waals surface area (Å²) in [6, 6.07) is 0. The number of aliphatic imine (C=N–C) groups is 2. The molecule has 0 saturated carbocycles. The molecule has 0 radical (unpaired) electrons. The number of hydrogen-bond acceptors (Lipinski definition) is 4. The molecule has 3 aliphatic rings. The summed E-state index contributed by atoms with van der Waals surface area (Å²) in [5, 5.41) is 10.6. The van der Waals surface area contributed by atoms with Gasteiger partial charge in [-0.2, -0.15) is 0 Å². The molecule has 0 aromatic carbocycles. The Morgan fingerprint density at radius 2 is 2.35 bits per heavy atom. The van der Waals surface area contributed by atoms with Gasteiger partial charge in [0.15, 0.2) is 12.0 Å². The summed E-state index contributed by atoms with van der Waals surface area (Å²) in [5.74, 6) is 0.164. The molecule has 88 valence electrons. The zero-order valence-electron chi connectivity index (χ0n) is 9.41. The molecule has 1 amide bonds. The summed E-state index contributed by atoms with van der Waals surface area (Å²) in [6.07, 6.45) is 6.22. The predicted octanol–water partition coefficient (Wildman–Crippen LogP) is -0.483. The van der Waals surface area contributed by atoms with Crippen LogP contribution in [0.4, 0.5) is 4.79 Å². The molecule has 17 heavy (non-hydrogen) atoms. The van der Waals surface area contributed by atoms with Gasteiger partial charge < -0.3 is 14.8 Å². The van der Waals surface area contributed by atoms with E-state index in [-0.39, 0.29) is 5.92 Å². The van der Waals surface area contributed by atoms with E-state index in [0.717, 1.165) is 11.4 Å². The summed E-state index contributed by atoms with van der Waals surface area (Å²) >= 11 is 0. The van der Waals surface area contributed by atoms with Crippen molar-refractivity contribution in [3.8, 4) is 0 Å². The van der Waals surface area contributed by atoms with Crippen LogP contribution in [0.5, 0.6) is 0 Å². The summed E-state index contributed by atoms with van der Waals surface area (Å²) in [5.41, 5.74) is 1.97. The molecule has 3 heterocycles. The zero-order valence-corrected chi connectivity index (χ0v) is 9.41. The minimum atomic E-state index is -1.11. The minimum Gasteiger partial charge on any atom is -0.530 e. The first-order valence-corrected chi connectivity index (χ1v) is 5.43. The lowest BCUT2D eigenvalue weighted by atomic mass is 9.95. The van der Waals surface area contributed by atoms with Crippen LogP contribution in [0.15, 0.2) is 33.8 Å². The molecule has 0 aromatic rings. The van der Waals surface area contributed by atoms with Gasteiger partial charge >= 0.3 is 0 Å². The molecule has 6 nitrogen and oxygen atoms in total. The molecule has 1 saturated heterocycles. The quantitative estimate of drug-likeness (QED) is 0.573. The van der Waals surface area contributed by atoms with E-state index in [1.807, 2.05) is 19.6 Å². The average molecular weight is 232 g/mol. The smallest absolute Gasteiger partial charge is 0.200 e. The molecular formula is C11H12N4O2. The van der Waals surface area contributed by atoms with Gasteiger partial charge in [-0.05, 0) is 0 Å². The van der Waals surface area contributed by atoms with Crippen LogP contribution in [0.25, 0.3) is 0 Å². The second kappa shape index (κ2) is 3.27. The fourth-order valence-electron chi connectivity index (χ4n) is 2.27. The highest BCUT2D eigenvalue weighted by atomic mass is 16.4. The zero-order chi connectivity index (χ0) is 12.0. The lowest BCUT2D eigenvalue weighted by Crippen LogP contribution is -2.55. The van der Waals surface area contributed by atoms with E-state index in [0.29, 0.717) is 17.6 Å². The van der Waals surface area contributed by atoms with Crippen molar-refractivity contribution in [1.82, 2.24) is 4.90 Å². The topological polar surface area (TPSA) is 68.1 Å². The molecule has 3 rings (SSSR count). The van der Waals surface area contributed by atoms with Crippen LogP contribution in [0, 0.1) is 5.92 Å². The first-order chi connectivity index (χ1) is 8.10. The summed E-state index contributed by atoms with van der Waals surface area (Å²) in [6.45, 7) is 0.937. The molecule has 0 aromatic heterocycles. The van der Waals surface area contributed by atoms with Crippen LogP contribution in [0.1, 0.15) is 0 Å². The number of carbonyl (C=O) groups excluding carboxylic acids is 1. The largest absolute Gasteiger partial charge is 0.530 e. The number of fused-ring (bicyclic) bond motifs is 1. The fraction of sp³-hybridized carbons (Fsp3) is 0.364. The van der Waals surface area contributed by atoms with Gasteiger partial charge in [-0.25, -0.2) is 9.48 Å². The predicted molar refractivity (Wildman–Crippen MR) is 59.8 cm³/mol. The number of amides is 1. The molecule has 3 aliphatic heterocycles. The van der Waals surface area contributed by atoms with E-state index in [4.69, 9.17) is 0 Å². The summed E-state index contributed by atoms with van der Waals surface area (Å²) in [7, 11) is 2.02. The number of hydrogen-bond donors (Lipinski definition) is 0. The van der Waals surface area contributed by atoms with Crippen LogP contribution < -0.4 is 5.11 Å². The number of nitrogens with zero attached hydrogens (tertiary/aromatic N) is 4. The molecule has 1 unspecified atom stereocenters. The van der Waals surface area contributed by atoms with Crippen molar-refractivity contribution in [2.24, 2.45) is 15.9 Å². The highest BCUT2D eigenvalue weighted by molar-refractivity contribution is 5.83. The third-order valence-corrected chi connectivity index (χ3v) is 3.40. The number of allylic oxidation sites excluding steroid dienone is 1. The maximum Gasteiger partial charge on any atom is 0.200 e. The number of carbonyl (C=O) groups is 1. The second-order valence-corrected chi connectivity index (χ2v) is 4.61. The van der Waals surface area contributed by atoms with E-state index >= 15 is 0 Å². The Hall–Kier alpha value is -1.95. The molecule has 1 atom stereocenters. The van der Waals surface area contributed by atoms with E-state index < -0.39 is 6.09 Å². The first-order valence-electron chi connectivity index (χ1n) is 5.43. The van der Waals surface area contributed by atoms with Gasteiger partial charge in [-0.1, -0.05) is 0 Å². The van der Waals surface area contributed by atoms with Gasteiger partial charge in [0.05, 0.1) is 19.5 Å². The second-order valence-electron chi connectivity index (χ2n) is 4.61. The maximum atomic E-state index is 10.6. The van der Waals surface area contributed by atoms with Crippen molar-refractivity contribution in [1.29, 1.82) is 0 Å². The van der Waals surface area contributed by atoms with Crippen molar-refractivity contribution in [2.75, 3.05) is 20.1 Å². The van der Waals surface area contributed by atoms with Gasteiger partial charge in [-0.3, -0.25) is 4.99 Å². The van der Waals surface area contributed by atoms with Crippen molar-refractivity contribution in [2.45, 2.75) is 0 Å². The number of quaternary nitrogens is 1. The fourth-order valence-corrected chi connectivity index (χ4v) is 2.27. The minimum absolute atomic E-state index is 0.164. The Labute approximate surface area is 98.5 Å². The number of likely N-dealkylation sites (tertiary alicyclic amines) is 1. The Balaban J connectivity index is 1.84. The average Bonchev–Trinajstić information content (AvgIpc) is 2.54. The van der Waals surface area contributed by atoms with Crippen molar-refractivity contribution >= 4 is 18.6 Å². The van der Waals surface area contributed by atoms with Crippen molar-refractivity contribution in [3.05, 3.63) is 23.8 Å². The van der Waals surface area contributed by atoms with Crippen molar-refractivity contribution < 1.29 is 14.4 Å². The van der Waals surface area contributed by atoms with Crippen LogP contribution in [-0.2, 0) is 0 Å². The van der Waals surface area contributed by atoms with Gasteiger partial charge in [0.1, 0.15) is 18.0 Å². The van der Waals surface area contributed by atoms with Gasteiger partial charge in [0.25, 0.3) is 0 Å². The van der Waals surface area contributed by atoms with E-state index in [1.54, 1.807) is 12.4 Å². The van der Waals surface area contributed by atoms with Gasteiger partial charge in [0.2, 0.25) is 0 Å². The van der Waals surface area contributed by atoms with Crippen LogP contribution in [0.2, 0.25) is 0 Å². The standard InChI is InChI=1S/C11H12N4O2/c1-15-3-2-12-4-9(15)10(13-7-15)8-5-14(6-8)11(16)17/h2-4,7-8H,5-6H2,1H3. The van der Waals surface area contributed by atoms with E-state index in [9.17, 15) is 9.90 Å². The molecule has 0 N–H and O–H groups in total.